The summed E-state index contributed by atoms with van der Waals surface area (Å²) in [6.45, 7) is 2.24. The minimum absolute atomic E-state index is 0.0324. The molecule has 0 bridgehead atoms. The molecule has 1 aliphatic rings. The van der Waals surface area contributed by atoms with E-state index in [4.69, 9.17) is 0 Å². The minimum atomic E-state index is -0.395. The van der Waals surface area contributed by atoms with Crippen molar-refractivity contribution < 1.29 is 9.72 Å². The molecule has 7 heteroatoms. The van der Waals surface area contributed by atoms with Crippen LogP contribution >= 0.6 is 23.1 Å². The molecule has 1 aliphatic carbocycles. The molecule has 110 valence electrons. The van der Waals surface area contributed by atoms with Gasteiger partial charge in [-0.15, -0.1) is 11.8 Å². The smallest absolute Gasteiger partial charge is 0.337 e. The Kier molecular flexibility index (Phi) is 5.42. The number of rotatable bonds is 5. The zero-order chi connectivity index (χ0) is 14.5. The van der Waals surface area contributed by atoms with E-state index in [0.29, 0.717) is 4.90 Å². The van der Waals surface area contributed by atoms with Crippen molar-refractivity contribution in [2.24, 2.45) is 5.92 Å². The number of hydrogen-bond acceptors (Lipinski definition) is 5. The molecule has 0 atom stereocenters. The standard InChI is InChI=1S/C13H18N2O3S2/c1-9-2-4-10(5-3-9)14-12(16)8-20-11-6-7-19-13(11)15(17)18/h6-7,9-10H,2-5,8H2,1H3,(H,14,16). The summed E-state index contributed by atoms with van der Waals surface area (Å²) in [5.41, 5.74) is 0. The van der Waals surface area contributed by atoms with Gasteiger partial charge in [0, 0.05) is 6.04 Å². The van der Waals surface area contributed by atoms with Gasteiger partial charge >= 0.3 is 5.00 Å². The predicted molar refractivity (Wildman–Crippen MR) is 81.3 cm³/mol. The Morgan fingerprint density at radius 1 is 1.50 bits per heavy atom. The molecule has 1 fully saturated rings. The number of thioether (sulfide) groups is 1. The van der Waals surface area contributed by atoms with E-state index in [9.17, 15) is 14.9 Å². The molecular formula is C13H18N2O3S2. The summed E-state index contributed by atoms with van der Waals surface area (Å²) >= 11 is 2.33. The fourth-order valence-electron chi connectivity index (χ4n) is 2.35. The number of nitrogens with zero attached hydrogens (tertiary/aromatic N) is 1. The second-order valence-corrected chi connectivity index (χ2v) is 7.07. The van der Waals surface area contributed by atoms with Crippen molar-refractivity contribution in [3.63, 3.8) is 0 Å². The van der Waals surface area contributed by atoms with E-state index in [-0.39, 0.29) is 22.7 Å². The second kappa shape index (κ2) is 7.08. The Balaban J connectivity index is 1.77. The van der Waals surface area contributed by atoms with Gasteiger partial charge in [0.15, 0.2) is 0 Å². The lowest BCUT2D eigenvalue weighted by Gasteiger charge is -2.26. The van der Waals surface area contributed by atoms with Crippen LogP contribution in [-0.2, 0) is 4.79 Å². The zero-order valence-electron chi connectivity index (χ0n) is 11.3. The highest BCUT2D eigenvalue weighted by molar-refractivity contribution is 8.00. The summed E-state index contributed by atoms with van der Waals surface area (Å²) in [4.78, 5) is 22.8. The van der Waals surface area contributed by atoms with E-state index >= 15 is 0 Å². The monoisotopic (exact) mass is 314 g/mol. The minimum Gasteiger partial charge on any atom is -0.353 e. The molecule has 0 spiro atoms. The third-order valence-corrected chi connectivity index (χ3v) is 5.56. The summed E-state index contributed by atoms with van der Waals surface area (Å²) in [6.07, 6.45) is 4.40. The molecule has 0 aromatic carbocycles. The maximum Gasteiger partial charge on any atom is 0.337 e. The quantitative estimate of drug-likeness (QED) is 0.513. The van der Waals surface area contributed by atoms with Gasteiger partial charge in [-0.1, -0.05) is 18.3 Å². The first kappa shape index (κ1) is 15.3. The normalized spacial score (nSPS) is 22.4. The molecule has 20 heavy (non-hydrogen) atoms. The van der Waals surface area contributed by atoms with Gasteiger partial charge in [-0.2, -0.15) is 0 Å². The summed E-state index contributed by atoms with van der Waals surface area (Å²) in [5, 5.41) is 15.6. The largest absolute Gasteiger partial charge is 0.353 e. The average molecular weight is 314 g/mol. The number of nitrogens with one attached hydrogen (secondary N) is 1. The maximum atomic E-state index is 11.9. The molecule has 1 saturated carbocycles. The Morgan fingerprint density at radius 2 is 2.20 bits per heavy atom. The van der Waals surface area contributed by atoms with Crippen molar-refractivity contribution in [3.8, 4) is 0 Å². The predicted octanol–water partition coefficient (Wildman–Crippen LogP) is 3.44. The molecule has 1 aromatic heterocycles. The lowest BCUT2D eigenvalue weighted by molar-refractivity contribution is -0.382. The van der Waals surface area contributed by atoms with E-state index in [1.54, 1.807) is 11.4 Å². The Bertz CT molecular complexity index is 482. The summed E-state index contributed by atoms with van der Waals surface area (Å²) in [7, 11) is 0. The van der Waals surface area contributed by atoms with Gasteiger partial charge in [-0.25, -0.2) is 0 Å². The third kappa shape index (κ3) is 4.21. The fraction of sp³-hybridized carbons (Fsp3) is 0.615. The lowest BCUT2D eigenvalue weighted by Crippen LogP contribution is -2.38. The SMILES string of the molecule is CC1CCC(NC(=O)CSc2ccsc2[N+](=O)[O-])CC1. The van der Waals surface area contributed by atoms with Crippen LogP contribution in [-0.4, -0.2) is 22.6 Å². The maximum absolute atomic E-state index is 11.9. The van der Waals surface area contributed by atoms with Crippen molar-refractivity contribution in [2.75, 3.05) is 5.75 Å². The first-order valence-electron chi connectivity index (χ1n) is 6.70. The zero-order valence-corrected chi connectivity index (χ0v) is 13.0. The number of carbonyl (C=O) groups is 1. The first-order chi connectivity index (χ1) is 9.56. The van der Waals surface area contributed by atoms with E-state index < -0.39 is 4.92 Å². The number of hydrogen-bond donors (Lipinski definition) is 1. The van der Waals surface area contributed by atoms with Crippen LogP contribution in [0.2, 0.25) is 0 Å². The Morgan fingerprint density at radius 3 is 2.85 bits per heavy atom. The van der Waals surface area contributed by atoms with Crippen molar-refractivity contribution in [2.45, 2.75) is 43.5 Å². The third-order valence-electron chi connectivity index (χ3n) is 3.52. The van der Waals surface area contributed by atoms with Crippen molar-refractivity contribution in [1.82, 2.24) is 5.32 Å². The number of carbonyl (C=O) groups excluding carboxylic acids is 1. The molecule has 5 nitrogen and oxygen atoms in total. The highest BCUT2D eigenvalue weighted by atomic mass is 32.2. The van der Waals surface area contributed by atoms with Crippen molar-refractivity contribution in [3.05, 3.63) is 21.6 Å². The van der Waals surface area contributed by atoms with Crippen LogP contribution < -0.4 is 5.32 Å². The molecule has 1 N–H and O–H groups in total. The van der Waals surface area contributed by atoms with Gasteiger partial charge in [0.25, 0.3) is 0 Å². The molecule has 1 aromatic rings. The Labute approximate surface area is 126 Å². The van der Waals surface area contributed by atoms with Gasteiger partial charge in [-0.05, 0) is 43.0 Å². The van der Waals surface area contributed by atoms with E-state index in [1.165, 1.54) is 11.8 Å². The number of amides is 1. The van der Waals surface area contributed by atoms with Crippen molar-refractivity contribution in [1.29, 1.82) is 0 Å². The van der Waals surface area contributed by atoms with E-state index in [2.05, 4.69) is 12.2 Å². The molecule has 0 saturated heterocycles. The fourth-order valence-corrected chi connectivity index (χ4v) is 4.09. The molecule has 1 heterocycles. The summed E-state index contributed by atoms with van der Waals surface area (Å²) in [6, 6.07) is 1.97. The number of thiophene rings is 1. The van der Waals surface area contributed by atoms with Crippen LogP contribution in [0.1, 0.15) is 32.6 Å². The number of nitro groups is 1. The highest BCUT2D eigenvalue weighted by Gasteiger charge is 2.21. The molecule has 0 radical (unpaired) electrons. The van der Waals surface area contributed by atoms with Crippen LogP contribution in [0.15, 0.2) is 16.3 Å². The Hall–Kier alpha value is -1.08. The molecule has 1 amide bonds. The van der Waals surface area contributed by atoms with Crippen LogP contribution in [0, 0.1) is 16.0 Å². The molecule has 2 rings (SSSR count). The molecule has 0 unspecified atom stereocenters. The van der Waals surface area contributed by atoms with Gasteiger partial charge in [0.05, 0.1) is 15.6 Å². The molecule has 0 aliphatic heterocycles. The van der Waals surface area contributed by atoms with Gasteiger partial charge < -0.3 is 5.32 Å². The summed E-state index contributed by atoms with van der Waals surface area (Å²) in [5.74, 6) is 0.963. The van der Waals surface area contributed by atoms with Crippen molar-refractivity contribution >= 4 is 34.0 Å². The summed E-state index contributed by atoms with van der Waals surface area (Å²) < 4.78 is 0. The van der Waals surface area contributed by atoms with E-state index in [0.717, 1.165) is 42.9 Å². The van der Waals surface area contributed by atoms with Crippen LogP contribution in [0.4, 0.5) is 5.00 Å². The molecular weight excluding hydrogens is 296 g/mol. The van der Waals surface area contributed by atoms with Gasteiger partial charge in [0.1, 0.15) is 0 Å². The lowest BCUT2D eigenvalue weighted by atomic mass is 9.87. The second-order valence-electron chi connectivity index (χ2n) is 5.16. The van der Waals surface area contributed by atoms with Crippen LogP contribution in [0.3, 0.4) is 0 Å². The topological polar surface area (TPSA) is 72.2 Å². The first-order valence-corrected chi connectivity index (χ1v) is 8.57. The average Bonchev–Trinajstić information content (AvgIpc) is 2.88. The van der Waals surface area contributed by atoms with Crippen LogP contribution in [0.25, 0.3) is 0 Å². The van der Waals surface area contributed by atoms with Crippen LogP contribution in [0.5, 0.6) is 0 Å². The van der Waals surface area contributed by atoms with Gasteiger partial charge in [0.2, 0.25) is 5.91 Å². The highest BCUT2D eigenvalue weighted by Crippen LogP contribution is 2.34. The van der Waals surface area contributed by atoms with E-state index in [1.807, 2.05) is 0 Å². The van der Waals surface area contributed by atoms with Gasteiger partial charge in [-0.3, -0.25) is 14.9 Å².